The van der Waals surface area contributed by atoms with E-state index < -0.39 is 23.8 Å². The molecule has 5 rings (SSSR count). The molecule has 0 spiro atoms. The molecule has 0 bridgehead atoms. The van der Waals surface area contributed by atoms with Gasteiger partial charge in [0, 0.05) is 43.2 Å². The van der Waals surface area contributed by atoms with Crippen molar-refractivity contribution in [3.63, 3.8) is 0 Å². The van der Waals surface area contributed by atoms with Crippen LogP contribution in [0.15, 0.2) is 84.9 Å². The van der Waals surface area contributed by atoms with Crippen molar-refractivity contribution in [2.45, 2.75) is 71.0 Å². The van der Waals surface area contributed by atoms with Crippen LogP contribution in [-0.2, 0) is 17.5 Å². The molecular weight excluding hydrogens is 685 g/mol. The van der Waals surface area contributed by atoms with Crippen molar-refractivity contribution >= 4 is 34.1 Å². The summed E-state index contributed by atoms with van der Waals surface area (Å²) in [6, 6.07) is 22.5. The van der Waals surface area contributed by atoms with Crippen molar-refractivity contribution in [2.75, 3.05) is 44.0 Å². The second-order valence-corrected chi connectivity index (χ2v) is 14.0. The molecule has 3 N–H and O–H groups in total. The molecule has 0 saturated heterocycles. The number of aliphatic hydroxyl groups is 1. The zero-order valence-electron chi connectivity index (χ0n) is 30.7. The second kappa shape index (κ2) is 17.9. The van der Waals surface area contributed by atoms with Crippen LogP contribution in [0.2, 0.25) is 0 Å². The number of ether oxygens (including phenoxy) is 2. The molecule has 0 aliphatic carbocycles. The molecule has 3 amide bonds. The Kier molecular flexibility index (Phi) is 13.4. The standard InChI is InChI=1S/C41H49F3N4O5/c1-27-23-48(28(2)26-49)39(50)35-22-33(45-40(51)46-36-14-9-12-31-11-5-6-13-34(31)36)19-20-37(35)53-29(3)10-7-8-21-52-38(27)25-47(4)24-30-15-17-32(18-16-30)41(42,43)44/h5-6,9,11-20,22,27-29,38,49H,7-8,10,21,23-26H2,1-4H3,(H2,45,46,51)/t27-,28+,29-,38+/m1/s1. The van der Waals surface area contributed by atoms with Gasteiger partial charge in [0.1, 0.15) is 5.75 Å². The minimum absolute atomic E-state index is 0.193. The van der Waals surface area contributed by atoms with Crippen LogP contribution in [0.1, 0.15) is 61.5 Å². The van der Waals surface area contributed by atoms with Crippen LogP contribution in [0.4, 0.5) is 29.3 Å². The average molecular weight is 735 g/mol. The highest BCUT2D eigenvalue weighted by Crippen LogP contribution is 2.31. The summed E-state index contributed by atoms with van der Waals surface area (Å²) in [5.41, 5.74) is 1.33. The number of hydrogen-bond donors (Lipinski definition) is 3. The predicted octanol–water partition coefficient (Wildman–Crippen LogP) is 8.43. The molecule has 4 atom stereocenters. The lowest BCUT2D eigenvalue weighted by Gasteiger charge is -2.36. The molecule has 12 heteroatoms. The Morgan fingerprint density at radius 3 is 2.47 bits per heavy atom. The van der Waals surface area contributed by atoms with Crippen LogP contribution in [-0.4, -0.2) is 78.4 Å². The number of urea groups is 1. The zero-order chi connectivity index (χ0) is 38.1. The van der Waals surface area contributed by atoms with Crippen LogP contribution in [0.3, 0.4) is 0 Å². The molecule has 0 unspecified atom stereocenters. The lowest BCUT2D eigenvalue weighted by Crippen LogP contribution is -2.47. The van der Waals surface area contributed by atoms with E-state index in [-0.39, 0.29) is 42.7 Å². The van der Waals surface area contributed by atoms with E-state index in [1.807, 2.05) is 68.3 Å². The number of anilines is 2. The first-order chi connectivity index (χ1) is 25.3. The maximum Gasteiger partial charge on any atom is 0.416 e. The molecule has 1 aliphatic heterocycles. The summed E-state index contributed by atoms with van der Waals surface area (Å²) in [4.78, 5) is 31.3. The molecule has 0 radical (unpaired) electrons. The Morgan fingerprint density at radius 2 is 1.74 bits per heavy atom. The van der Waals surface area contributed by atoms with E-state index in [4.69, 9.17) is 9.47 Å². The van der Waals surface area contributed by atoms with Gasteiger partial charge in [-0.05, 0) is 87.5 Å². The average Bonchev–Trinajstić information content (AvgIpc) is 3.12. The third-order valence-corrected chi connectivity index (χ3v) is 9.57. The van der Waals surface area contributed by atoms with Crippen molar-refractivity contribution in [2.24, 2.45) is 5.92 Å². The number of nitrogens with one attached hydrogen (secondary N) is 2. The first kappa shape index (κ1) is 39.6. The topological polar surface area (TPSA) is 103 Å². The smallest absolute Gasteiger partial charge is 0.416 e. The fraction of sp³-hybridized carbons (Fsp3) is 0.415. The van der Waals surface area contributed by atoms with Crippen LogP contribution in [0, 0.1) is 5.92 Å². The molecule has 1 aliphatic rings. The van der Waals surface area contributed by atoms with Crippen LogP contribution in [0.25, 0.3) is 10.8 Å². The van der Waals surface area contributed by atoms with Crippen LogP contribution < -0.4 is 15.4 Å². The molecule has 9 nitrogen and oxygen atoms in total. The van der Waals surface area contributed by atoms with Gasteiger partial charge in [0.25, 0.3) is 5.91 Å². The van der Waals surface area contributed by atoms with Gasteiger partial charge in [0.2, 0.25) is 0 Å². The molecule has 0 saturated carbocycles. The van der Waals surface area contributed by atoms with E-state index in [0.29, 0.717) is 36.8 Å². The van der Waals surface area contributed by atoms with Crippen molar-refractivity contribution in [1.82, 2.24) is 9.80 Å². The number of carbonyl (C=O) groups is 2. The Labute approximate surface area is 309 Å². The maximum absolute atomic E-state index is 14.5. The van der Waals surface area contributed by atoms with Gasteiger partial charge in [0.15, 0.2) is 0 Å². The fourth-order valence-electron chi connectivity index (χ4n) is 6.56. The number of benzene rings is 4. The SMILES string of the molecule is C[C@@H]1CCCCO[C@@H](CN(C)Cc2ccc(C(F)(F)F)cc2)[C@H](C)CN([C@@H](C)CO)C(=O)c2cc(NC(=O)Nc3cccc4ccccc34)ccc2O1. The highest BCUT2D eigenvalue weighted by Gasteiger charge is 2.32. The normalized spacial score (nSPS) is 19.6. The van der Waals surface area contributed by atoms with E-state index in [0.717, 1.165) is 47.7 Å². The van der Waals surface area contributed by atoms with Crippen molar-refractivity contribution in [3.05, 3.63) is 102 Å². The van der Waals surface area contributed by atoms with Gasteiger partial charge < -0.3 is 30.1 Å². The van der Waals surface area contributed by atoms with Gasteiger partial charge in [-0.2, -0.15) is 13.2 Å². The van der Waals surface area contributed by atoms with Gasteiger partial charge in [-0.1, -0.05) is 55.5 Å². The number of fused-ring (bicyclic) bond motifs is 2. The number of nitrogens with zero attached hydrogens (tertiary/aromatic N) is 2. The Hall–Kier alpha value is -4.65. The molecule has 4 aromatic rings. The van der Waals surface area contributed by atoms with E-state index >= 15 is 0 Å². The van der Waals surface area contributed by atoms with E-state index in [1.165, 1.54) is 12.1 Å². The highest BCUT2D eigenvalue weighted by atomic mass is 19.4. The molecule has 0 aromatic heterocycles. The number of rotatable bonds is 8. The summed E-state index contributed by atoms with van der Waals surface area (Å²) in [5.74, 6) is -0.180. The number of aliphatic hydroxyl groups excluding tert-OH is 1. The quantitative estimate of drug-likeness (QED) is 0.168. The predicted molar refractivity (Wildman–Crippen MR) is 201 cm³/mol. The van der Waals surface area contributed by atoms with Gasteiger partial charge >= 0.3 is 12.2 Å². The van der Waals surface area contributed by atoms with Gasteiger partial charge in [-0.15, -0.1) is 0 Å². The minimum atomic E-state index is -4.40. The summed E-state index contributed by atoms with van der Waals surface area (Å²) < 4.78 is 52.1. The zero-order valence-corrected chi connectivity index (χ0v) is 30.7. The molecule has 284 valence electrons. The number of likely N-dealkylation sites (N-methyl/N-ethyl adjacent to an activating group) is 1. The Balaban J connectivity index is 1.36. The van der Waals surface area contributed by atoms with Crippen molar-refractivity contribution in [1.29, 1.82) is 0 Å². The third-order valence-electron chi connectivity index (χ3n) is 9.57. The summed E-state index contributed by atoms with van der Waals surface area (Å²) in [7, 11) is 1.89. The molecule has 0 fully saturated rings. The summed E-state index contributed by atoms with van der Waals surface area (Å²) >= 11 is 0. The first-order valence-electron chi connectivity index (χ1n) is 18.1. The molecular formula is C41H49F3N4O5. The summed E-state index contributed by atoms with van der Waals surface area (Å²) in [6.45, 7) is 7.03. The number of halogens is 3. The van der Waals surface area contributed by atoms with Gasteiger partial charge in [-0.3, -0.25) is 9.69 Å². The van der Waals surface area contributed by atoms with E-state index in [2.05, 4.69) is 10.6 Å². The number of alkyl halides is 3. The molecule has 1 heterocycles. The summed E-state index contributed by atoms with van der Waals surface area (Å²) in [5, 5.41) is 17.9. The Morgan fingerprint density at radius 1 is 1.00 bits per heavy atom. The molecule has 53 heavy (non-hydrogen) atoms. The number of hydrogen-bond acceptors (Lipinski definition) is 6. The van der Waals surface area contributed by atoms with Crippen LogP contribution in [0.5, 0.6) is 5.75 Å². The van der Waals surface area contributed by atoms with Crippen molar-refractivity contribution < 1.29 is 37.3 Å². The first-order valence-corrected chi connectivity index (χ1v) is 18.1. The summed E-state index contributed by atoms with van der Waals surface area (Å²) in [6.07, 6.45) is -2.60. The highest BCUT2D eigenvalue weighted by molar-refractivity contribution is 6.07. The lowest BCUT2D eigenvalue weighted by molar-refractivity contribution is -0.137. The molecule has 4 aromatic carbocycles. The Bertz CT molecular complexity index is 1830. The monoisotopic (exact) mass is 734 g/mol. The second-order valence-electron chi connectivity index (χ2n) is 14.0. The minimum Gasteiger partial charge on any atom is -0.490 e. The van der Waals surface area contributed by atoms with Crippen LogP contribution >= 0.6 is 0 Å². The third kappa shape index (κ3) is 10.7. The van der Waals surface area contributed by atoms with Gasteiger partial charge in [0.05, 0.1) is 41.7 Å². The van der Waals surface area contributed by atoms with E-state index in [1.54, 1.807) is 30.0 Å². The van der Waals surface area contributed by atoms with Gasteiger partial charge in [-0.25, -0.2) is 4.79 Å². The maximum atomic E-state index is 14.5. The fourth-order valence-corrected chi connectivity index (χ4v) is 6.56. The largest absolute Gasteiger partial charge is 0.490 e. The number of carbonyl (C=O) groups excluding carboxylic acids is 2. The lowest BCUT2D eigenvalue weighted by atomic mass is 10.0. The van der Waals surface area contributed by atoms with Crippen molar-refractivity contribution in [3.8, 4) is 5.75 Å². The van der Waals surface area contributed by atoms with E-state index in [9.17, 15) is 27.9 Å². The number of amides is 3.